The maximum absolute atomic E-state index is 12.4. The second kappa shape index (κ2) is 1.90. The maximum atomic E-state index is 12.4. The lowest BCUT2D eigenvalue weighted by Crippen LogP contribution is -2.99. The van der Waals surface area contributed by atoms with Crippen LogP contribution in [0.25, 0.3) is 0 Å². The Morgan fingerprint density at radius 2 is 1.42 bits per heavy atom. The van der Waals surface area contributed by atoms with Gasteiger partial charge in [-0.15, -0.1) is 0 Å². The lowest BCUT2D eigenvalue weighted by atomic mass is 9.06. The number of nitrogens with zero attached hydrogens (tertiary/aromatic N) is 3. The van der Waals surface area contributed by atoms with Crippen molar-refractivity contribution in [3.05, 3.63) is 21.0 Å². The minimum Gasteiger partial charge on any atom is -0.246 e. The van der Waals surface area contributed by atoms with E-state index in [1.165, 1.54) is 23.8 Å². The molecule has 0 aromatic carbocycles. The first-order valence-electron chi connectivity index (χ1n) is 7.58. The fourth-order valence-corrected chi connectivity index (χ4v) is 8.48. The van der Waals surface area contributed by atoms with Gasteiger partial charge in [0.1, 0.15) is 0 Å². The summed E-state index contributed by atoms with van der Waals surface area (Å²) in [6, 6.07) is 0.753. The van der Waals surface area contributed by atoms with Gasteiger partial charge in [-0.05, 0) is 36.5 Å². The fraction of sp³-hybridized carbons (Fsp3) is 0.857. The molecule has 0 radical (unpaired) electrons. The molecule has 5 fully saturated rings. The van der Waals surface area contributed by atoms with Crippen LogP contribution in [0.15, 0.2) is 9.59 Å². The van der Waals surface area contributed by atoms with Crippen LogP contribution < -0.4 is 11.4 Å². The van der Waals surface area contributed by atoms with E-state index >= 15 is 0 Å². The average Bonchev–Trinajstić information content (AvgIpc) is 2.87. The van der Waals surface area contributed by atoms with E-state index in [2.05, 4.69) is 0 Å². The zero-order chi connectivity index (χ0) is 12.5. The quantitative estimate of drug-likeness (QED) is 0.663. The molecule has 2 spiro atoms. The molecule has 2 bridgehead atoms. The third kappa shape index (κ3) is 0.432. The van der Waals surface area contributed by atoms with Crippen molar-refractivity contribution in [3.8, 4) is 0 Å². The Kier molecular flexibility index (Phi) is 0.881. The molecule has 2 aliphatic heterocycles. The van der Waals surface area contributed by atoms with Gasteiger partial charge in [0.2, 0.25) is 0 Å². The predicted molar refractivity (Wildman–Crippen MR) is 64.7 cm³/mol. The SMILES string of the molecule is Cn1c(=O)n2n(c1=O)[C@H]1[C@@H]3[C@@H]4[C@@H]5[C@@H]3[C@]13CCC[C@]53[C@H]42. The third-order valence-electron chi connectivity index (χ3n) is 8.41. The average molecular weight is 257 g/mol. The summed E-state index contributed by atoms with van der Waals surface area (Å²) < 4.78 is 5.08. The number of hydrogen-bond donors (Lipinski definition) is 0. The fourth-order valence-electron chi connectivity index (χ4n) is 8.48. The molecular formula is C14H15N3O2. The Balaban J connectivity index is 1.69. The first kappa shape index (κ1) is 8.82. The van der Waals surface area contributed by atoms with Crippen molar-refractivity contribution in [1.82, 2.24) is 13.9 Å². The molecule has 0 unspecified atom stereocenters. The third-order valence-corrected chi connectivity index (χ3v) is 8.41. The van der Waals surface area contributed by atoms with E-state index in [9.17, 15) is 9.59 Å². The number of aromatic nitrogens is 3. The van der Waals surface area contributed by atoms with Crippen molar-refractivity contribution in [1.29, 1.82) is 0 Å². The molecular weight excluding hydrogens is 242 g/mol. The van der Waals surface area contributed by atoms with Gasteiger partial charge in [-0.25, -0.2) is 23.5 Å². The second-order valence-corrected chi connectivity index (χ2v) is 7.84. The topological polar surface area (TPSA) is 48.9 Å². The van der Waals surface area contributed by atoms with E-state index in [1.807, 2.05) is 9.36 Å². The van der Waals surface area contributed by atoms with Crippen molar-refractivity contribution < 1.29 is 0 Å². The minimum atomic E-state index is -0.0675. The lowest BCUT2D eigenvalue weighted by Gasteiger charge is -3.00. The van der Waals surface area contributed by atoms with Crippen LogP contribution in [-0.4, -0.2) is 13.9 Å². The molecule has 3 heterocycles. The smallest absolute Gasteiger partial charge is 0.246 e. The second-order valence-electron chi connectivity index (χ2n) is 7.84. The Morgan fingerprint density at radius 3 is 1.89 bits per heavy atom. The normalized spacial score (nSPS) is 63.2. The van der Waals surface area contributed by atoms with Gasteiger partial charge in [0.25, 0.3) is 0 Å². The number of hydrogen-bond acceptors (Lipinski definition) is 2. The Bertz CT molecular complexity index is 765. The molecule has 19 heavy (non-hydrogen) atoms. The van der Waals surface area contributed by atoms with Gasteiger partial charge < -0.3 is 0 Å². The number of rotatable bonds is 0. The van der Waals surface area contributed by atoms with E-state index in [0.29, 0.717) is 22.9 Å². The summed E-state index contributed by atoms with van der Waals surface area (Å²) in [4.78, 5) is 24.8. The van der Waals surface area contributed by atoms with Crippen LogP contribution in [0, 0.1) is 34.5 Å². The maximum Gasteiger partial charge on any atom is 0.347 e. The molecule has 1 aromatic rings. The molecule has 5 saturated carbocycles. The molecule has 5 heteroatoms. The van der Waals surface area contributed by atoms with Crippen LogP contribution in [0.5, 0.6) is 0 Å². The van der Waals surface area contributed by atoms with Crippen molar-refractivity contribution in [2.24, 2.45) is 41.5 Å². The summed E-state index contributed by atoms with van der Waals surface area (Å²) >= 11 is 0. The van der Waals surface area contributed by atoms with Gasteiger partial charge in [0, 0.05) is 17.9 Å². The van der Waals surface area contributed by atoms with Gasteiger partial charge >= 0.3 is 11.4 Å². The summed E-state index contributed by atoms with van der Waals surface area (Å²) in [5, 5.41) is 0. The standard InChI is InChI=1S/C14H15N3O2/c1-15-11(18)16-9-5-6-8-7(5)13(9)3-2-4-14(8,13)10(6)17(16)12(15)19/h5-10H,2-4H2,1H3/t5-,6-,7-,8-,9+,10+,13-,14-/m1/s1. The van der Waals surface area contributed by atoms with Crippen molar-refractivity contribution in [2.45, 2.75) is 31.3 Å². The zero-order valence-corrected chi connectivity index (χ0v) is 10.7. The molecule has 5 nitrogen and oxygen atoms in total. The zero-order valence-electron chi connectivity index (χ0n) is 10.7. The summed E-state index contributed by atoms with van der Waals surface area (Å²) in [6.45, 7) is 0. The molecule has 0 amide bonds. The van der Waals surface area contributed by atoms with Crippen molar-refractivity contribution >= 4 is 0 Å². The van der Waals surface area contributed by atoms with Crippen LogP contribution in [0.1, 0.15) is 31.3 Å². The van der Waals surface area contributed by atoms with Crippen LogP contribution in [0.3, 0.4) is 0 Å². The van der Waals surface area contributed by atoms with Crippen LogP contribution in [0.2, 0.25) is 0 Å². The molecule has 0 saturated heterocycles. The van der Waals surface area contributed by atoms with E-state index < -0.39 is 0 Å². The van der Waals surface area contributed by atoms with E-state index in [1.54, 1.807) is 7.05 Å². The molecule has 7 aliphatic rings. The van der Waals surface area contributed by atoms with Gasteiger partial charge in [-0.2, -0.15) is 0 Å². The predicted octanol–water partition coefficient (Wildman–Crippen LogP) is 0.120. The molecule has 8 rings (SSSR count). The largest absolute Gasteiger partial charge is 0.347 e. The molecule has 98 valence electrons. The van der Waals surface area contributed by atoms with E-state index in [-0.39, 0.29) is 11.4 Å². The first-order valence-corrected chi connectivity index (χ1v) is 7.58. The van der Waals surface area contributed by atoms with Crippen molar-refractivity contribution in [2.75, 3.05) is 0 Å². The minimum absolute atomic E-state index is 0.0675. The van der Waals surface area contributed by atoms with Crippen molar-refractivity contribution in [3.63, 3.8) is 0 Å². The summed E-state index contributed by atoms with van der Waals surface area (Å²) in [5.41, 5.74) is 0.753. The van der Waals surface area contributed by atoms with E-state index in [4.69, 9.17) is 0 Å². The summed E-state index contributed by atoms with van der Waals surface area (Å²) in [7, 11) is 1.64. The highest BCUT2D eigenvalue weighted by atomic mass is 16.2. The monoisotopic (exact) mass is 257 g/mol. The highest BCUT2D eigenvalue weighted by molar-refractivity contribution is 5.49. The highest BCUT2D eigenvalue weighted by Crippen LogP contribution is 3.05. The van der Waals surface area contributed by atoms with Gasteiger partial charge in [-0.3, -0.25) is 0 Å². The Hall–Kier alpha value is -1.26. The molecule has 5 aliphatic carbocycles. The summed E-state index contributed by atoms with van der Waals surface area (Å²) in [5.74, 6) is 3.35. The van der Waals surface area contributed by atoms with E-state index in [0.717, 1.165) is 23.7 Å². The van der Waals surface area contributed by atoms with Gasteiger partial charge in [-0.1, -0.05) is 6.42 Å². The van der Waals surface area contributed by atoms with Gasteiger partial charge in [0.15, 0.2) is 0 Å². The Morgan fingerprint density at radius 1 is 0.947 bits per heavy atom. The highest BCUT2D eigenvalue weighted by Gasteiger charge is 3.03. The molecule has 8 atom stereocenters. The lowest BCUT2D eigenvalue weighted by molar-refractivity contribution is -0.541. The van der Waals surface area contributed by atoms with Crippen LogP contribution in [-0.2, 0) is 7.05 Å². The molecule has 1 aromatic heterocycles. The van der Waals surface area contributed by atoms with Gasteiger partial charge in [0.05, 0.1) is 12.1 Å². The molecule has 0 N–H and O–H groups in total. The summed E-state index contributed by atoms with van der Waals surface area (Å²) in [6.07, 6.45) is 3.95. The van der Waals surface area contributed by atoms with Crippen LogP contribution >= 0.6 is 0 Å². The van der Waals surface area contributed by atoms with Crippen LogP contribution in [0.4, 0.5) is 0 Å². The Labute approximate surface area is 108 Å². The first-order chi connectivity index (χ1) is 9.18.